The van der Waals surface area contributed by atoms with E-state index in [-0.39, 0.29) is 0 Å². The summed E-state index contributed by atoms with van der Waals surface area (Å²) in [6.45, 7) is 2.06. The van der Waals surface area contributed by atoms with Crippen molar-refractivity contribution >= 4 is 35.0 Å². The van der Waals surface area contributed by atoms with Crippen LogP contribution in [0.2, 0.25) is 10.0 Å². The van der Waals surface area contributed by atoms with Crippen LogP contribution in [0.5, 0.6) is 0 Å². The number of thioether (sulfide) groups is 1. The third kappa shape index (κ3) is 4.42. The molecule has 0 fully saturated rings. The first-order chi connectivity index (χ1) is 9.56. The maximum atomic E-state index is 10.1. The first-order valence-corrected chi connectivity index (χ1v) is 8.11. The highest BCUT2D eigenvalue weighted by Crippen LogP contribution is 2.27. The van der Waals surface area contributed by atoms with E-state index in [0.29, 0.717) is 22.2 Å². The molecule has 1 unspecified atom stereocenters. The number of rotatable bonds is 5. The number of aryl methyl sites for hydroxylation is 1. The van der Waals surface area contributed by atoms with E-state index in [1.54, 1.807) is 23.9 Å². The molecule has 0 bridgehead atoms. The van der Waals surface area contributed by atoms with Crippen molar-refractivity contribution in [3.05, 3.63) is 63.6 Å². The first-order valence-electron chi connectivity index (χ1n) is 6.36. The van der Waals surface area contributed by atoms with Gasteiger partial charge in [0.15, 0.2) is 0 Å². The van der Waals surface area contributed by atoms with E-state index in [2.05, 4.69) is 31.2 Å². The summed E-state index contributed by atoms with van der Waals surface area (Å²) in [7, 11) is 0. The van der Waals surface area contributed by atoms with Crippen molar-refractivity contribution in [2.45, 2.75) is 24.3 Å². The van der Waals surface area contributed by atoms with E-state index < -0.39 is 6.10 Å². The Morgan fingerprint density at radius 2 is 1.65 bits per heavy atom. The Balaban J connectivity index is 1.92. The average molecular weight is 327 g/mol. The van der Waals surface area contributed by atoms with Crippen LogP contribution in [0.4, 0.5) is 0 Å². The second kappa shape index (κ2) is 7.37. The van der Waals surface area contributed by atoms with Crippen LogP contribution >= 0.6 is 35.0 Å². The molecule has 0 heterocycles. The summed E-state index contributed by atoms with van der Waals surface area (Å²) in [6.07, 6.45) is -0.00381. The fourth-order valence-corrected chi connectivity index (χ4v) is 3.23. The Kier molecular flexibility index (Phi) is 5.79. The lowest BCUT2D eigenvalue weighted by atomic mass is 10.1. The predicted octanol–water partition coefficient (Wildman–Crippen LogP) is 5.00. The van der Waals surface area contributed by atoms with Crippen LogP contribution in [0.25, 0.3) is 0 Å². The second-order valence-electron chi connectivity index (χ2n) is 4.68. The molecule has 1 N–H and O–H groups in total. The van der Waals surface area contributed by atoms with Crippen LogP contribution in [0.3, 0.4) is 0 Å². The Hall–Kier alpha value is -0.670. The van der Waals surface area contributed by atoms with E-state index in [1.165, 1.54) is 5.56 Å². The van der Waals surface area contributed by atoms with Gasteiger partial charge in [-0.2, -0.15) is 0 Å². The molecule has 0 radical (unpaired) electrons. The van der Waals surface area contributed by atoms with Crippen molar-refractivity contribution in [2.24, 2.45) is 0 Å². The summed E-state index contributed by atoms with van der Waals surface area (Å²) in [4.78, 5) is 1.15. The van der Waals surface area contributed by atoms with Crippen LogP contribution in [0.1, 0.15) is 11.1 Å². The van der Waals surface area contributed by atoms with Gasteiger partial charge in [0.05, 0.1) is 6.10 Å². The lowest BCUT2D eigenvalue weighted by Crippen LogP contribution is -2.14. The number of hydrogen-bond acceptors (Lipinski definition) is 2. The normalized spacial score (nSPS) is 12.4. The molecule has 0 aliphatic heterocycles. The Morgan fingerprint density at radius 3 is 2.25 bits per heavy atom. The molecule has 4 heteroatoms. The number of hydrogen-bond donors (Lipinski definition) is 1. The van der Waals surface area contributed by atoms with Crippen molar-refractivity contribution in [3.8, 4) is 0 Å². The first kappa shape index (κ1) is 15.7. The molecule has 0 amide bonds. The SMILES string of the molecule is Cc1ccc(SCC(O)Cc2c(Cl)cccc2Cl)cc1. The maximum Gasteiger partial charge on any atom is 0.0675 e. The van der Waals surface area contributed by atoms with E-state index in [1.807, 2.05) is 6.07 Å². The summed E-state index contributed by atoms with van der Waals surface area (Å²) >= 11 is 13.8. The molecule has 0 aliphatic rings. The lowest BCUT2D eigenvalue weighted by Gasteiger charge is -2.13. The van der Waals surface area contributed by atoms with E-state index in [9.17, 15) is 5.11 Å². The van der Waals surface area contributed by atoms with Gasteiger partial charge in [-0.1, -0.05) is 47.0 Å². The summed E-state index contributed by atoms with van der Waals surface area (Å²) in [5, 5.41) is 11.3. The molecule has 0 aliphatic carbocycles. The van der Waals surface area contributed by atoms with Crippen LogP contribution in [0, 0.1) is 6.92 Å². The van der Waals surface area contributed by atoms with Gasteiger partial charge in [0.1, 0.15) is 0 Å². The topological polar surface area (TPSA) is 20.2 Å². The summed E-state index contributed by atoms with van der Waals surface area (Å²) in [5.74, 6) is 0.616. The van der Waals surface area contributed by atoms with Crippen molar-refractivity contribution in [1.29, 1.82) is 0 Å². The largest absolute Gasteiger partial charge is 0.392 e. The van der Waals surface area contributed by atoms with Gasteiger partial charge in [0, 0.05) is 27.1 Å². The molecule has 0 spiro atoms. The van der Waals surface area contributed by atoms with Crippen molar-refractivity contribution in [1.82, 2.24) is 0 Å². The van der Waals surface area contributed by atoms with Crippen molar-refractivity contribution < 1.29 is 5.11 Å². The smallest absolute Gasteiger partial charge is 0.0675 e. The minimum absolute atomic E-state index is 0.470. The minimum atomic E-state index is -0.473. The highest BCUT2D eigenvalue weighted by molar-refractivity contribution is 7.99. The molecular formula is C16H16Cl2OS. The molecule has 0 saturated carbocycles. The van der Waals surface area contributed by atoms with Gasteiger partial charge < -0.3 is 5.11 Å². The molecule has 20 heavy (non-hydrogen) atoms. The van der Waals surface area contributed by atoms with Gasteiger partial charge in [0.25, 0.3) is 0 Å². The summed E-state index contributed by atoms with van der Waals surface area (Å²) in [6, 6.07) is 13.7. The predicted molar refractivity (Wildman–Crippen MR) is 88.1 cm³/mol. The Bertz CT molecular complexity index is 549. The fourth-order valence-electron chi connectivity index (χ4n) is 1.85. The monoisotopic (exact) mass is 326 g/mol. The van der Waals surface area contributed by atoms with Gasteiger partial charge in [-0.05, 0) is 36.8 Å². The molecular weight excluding hydrogens is 311 g/mol. The van der Waals surface area contributed by atoms with Gasteiger partial charge in [-0.3, -0.25) is 0 Å². The molecule has 106 valence electrons. The van der Waals surface area contributed by atoms with Crippen LogP contribution in [0.15, 0.2) is 47.4 Å². The second-order valence-corrected chi connectivity index (χ2v) is 6.59. The zero-order valence-electron chi connectivity index (χ0n) is 11.1. The van der Waals surface area contributed by atoms with Crippen molar-refractivity contribution in [2.75, 3.05) is 5.75 Å². The third-order valence-electron chi connectivity index (χ3n) is 2.96. The van der Waals surface area contributed by atoms with E-state index in [4.69, 9.17) is 23.2 Å². The third-order valence-corrected chi connectivity index (χ3v) is 4.83. The van der Waals surface area contributed by atoms with Gasteiger partial charge in [-0.25, -0.2) is 0 Å². The number of aliphatic hydroxyl groups excluding tert-OH is 1. The van der Waals surface area contributed by atoms with E-state index >= 15 is 0 Å². The fraction of sp³-hybridized carbons (Fsp3) is 0.250. The highest BCUT2D eigenvalue weighted by atomic mass is 35.5. The lowest BCUT2D eigenvalue weighted by molar-refractivity contribution is 0.200. The molecule has 2 rings (SSSR count). The highest BCUT2D eigenvalue weighted by Gasteiger charge is 2.12. The molecule has 2 aromatic rings. The van der Waals surface area contributed by atoms with Crippen LogP contribution in [-0.2, 0) is 6.42 Å². The van der Waals surface area contributed by atoms with Crippen LogP contribution in [-0.4, -0.2) is 17.0 Å². The standard InChI is InChI=1S/C16H16Cl2OS/c1-11-5-7-13(8-6-11)20-10-12(19)9-14-15(17)3-2-4-16(14)18/h2-8,12,19H,9-10H2,1H3. The quantitative estimate of drug-likeness (QED) is 0.780. The molecule has 2 aromatic carbocycles. The van der Waals surface area contributed by atoms with Gasteiger partial charge in [0.2, 0.25) is 0 Å². The number of aliphatic hydroxyl groups is 1. The molecule has 1 atom stereocenters. The number of halogens is 2. The minimum Gasteiger partial charge on any atom is -0.392 e. The van der Waals surface area contributed by atoms with Gasteiger partial charge in [-0.15, -0.1) is 11.8 Å². The Labute approximate surface area is 133 Å². The van der Waals surface area contributed by atoms with Gasteiger partial charge >= 0.3 is 0 Å². The number of benzene rings is 2. The molecule has 0 saturated heterocycles. The molecule has 0 aromatic heterocycles. The van der Waals surface area contributed by atoms with E-state index in [0.717, 1.165) is 10.5 Å². The van der Waals surface area contributed by atoms with Crippen LogP contribution < -0.4 is 0 Å². The average Bonchev–Trinajstić information content (AvgIpc) is 2.42. The zero-order chi connectivity index (χ0) is 14.5. The Morgan fingerprint density at radius 1 is 1.05 bits per heavy atom. The zero-order valence-corrected chi connectivity index (χ0v) is 13.5. The molecule has 1 nitrogen and oxygen atoms in total. The maximum absolute atomic E-state index is 10.1. The summed E-state index contributed by atoms with van der Waals surface area (Å²) < 4.78 is 0. The van der Waals surface area contributed by atoms with Crippen molar-refractivity contribution in [3.63, 3.8) is 0 Å². The summed E-state index contributed by atoms with van der Waals surface area (Å²) in [5.41, 5.74) is 2.05.